The molecule has 0 aliphatic carbocycles. The number of benzene rings is 1. The number of anilines is 1. The molecule has 0 spiro atoms. The van der Waals surface area contributed by atoms with Crippen LogP contribution in [0.2, 0.25) is 10.0 Å². The zero-order valence-electron chi connectivity index (χ0n) is 12.5. The molecule has 1 aliphatic rings. The second-order valence-electron chi connectivity index (χ2n) is 5.80. The summed E-state index contributed by atoms with van der Waals surface area (Å²) in [6.07, 6.45) is 2.32. The Labute approximate surface area is 132 Å². The monoisotopic (exact) mass is 314 g/mol. The Morgan fingerprint density at radius 2 is 2.10 bits per heavy atom. The summed E-state index contributed by atoms with van der Waals surface area (Å²) in [6.45, 7) is 9.64. The first-order valence-electron chi connectivity index (χ1n) is 7.47. The van der Waals surface area contributed by atoms with Gasteiger partial charge in [0.05, 0.1) is 10.7 Å². The second kappa shape index (κ2) is 7.02. The van der Waals surface area contributed by atoms with Crippen LogP contribution in [0, 0.1) is 12.8 Å². The minimum atomic E-state index is 0.513. The topological polar surface area (TPSA) is 15.3 Å². The Balaban J connectivity index is 2.24. The molecule has 2 atom stereocenters. The summed E-state index contributed by atoms with van der Waals surface area (Å²) >= 11 is 12.7. The Hall–Kier alpha value is -0.440. The third-order valence-electron chi connectivity index (χ3n) is 4.33. The minimum absolute atomic E-state index is 0.513. The van der Waals surface area contributed by atoms with E-state index in [0.29, 0.717) is 12.0 Å². The first-order valence-corrected chi connectivity index (χ1v) is 8.22. The molecule has 0 bridgehead atoms. The lowest BCUT2D eigenvalue weighted by Crippen LogP contribution is -2.42. The molecule has 2 unspecified atom stereocenters. The molecule has 2 nitrogen and oxygen atoms in total. The van der Waals surface area contributed by atoms with Gasteiger partial charge in [-0.1, -0.05) is 43.5 Å². The van der Waals surface area contributed by atoms with Crippen LogP contribution in [-0.2, 0) is 0 Å². The number of halogens is 2. The van der Waals surface area contributed by atoms with Crippen LogP contribution in [-0.4, -0.2) is 25.7 Å². The maximum atomic E-state index is 6.43. The van der Waals surface area contributed by atoms with E-state index in [-0.39, 0.29) is 0 Å². The van der Waals surface area contributed by atoms with Crippen molar-refractivity contribution in [3.63, 3.8) is 0 Å². The lowest BCUT2D eigenvalue weighted by atomic mass is 9.99. The normalized spacial score (nSPS) is 21.6. The number of nitrogens with one attached hydrogen (secondary N) is 1. The van der Waals surface area contributed by atoms with Gasteiger partial charge in [-0.05, 0) is 43.5 Å². The molecule has 1 aromatic rings. The Kier molecular flexibility index (Phi) is 5.59. The van der Waals surface area contributed by atoms with Crippen LogP contribution in [0.4, 0.5) is 5.69 Å². The molecule has 1 aromatic carbocycles. The van der Waals surface area contributed by atoms with Crippen LogP contribution in [0.15, 0.2) is 12.1 Å². The van der Waals surface area contributed by atoms with E-state index in [1.807, 2.05) is 19.1 Å². The molecule has 112 valence electrons. The van der Waals surface area contributed by atoms with Crippen molar-refractivity contribution < 1.29 is 0 Å². The van der Waals surface area contributed by atoms with Gasteiger partial charge in [0.2, 0.25) is 0 Å². The van der Waals surface area contributed by atoms with Crippen molar-refractivity contribution in [2.45, 2.75) is 39.7 Å². The van der Waals surface area contributed by atoms with E-state index in [1.165, 1.54) is 6.42 Å². The average Bonchev–Trinajstić information content (AvgIpc) is 2.68. The van der Waals surface area contributed by atoms with Crippen molar-refractivity contribution in [1.29, 1.82) is 0 Å². The van der Waals surface area contributed by atoms with Gasteiger partial charge < -0.3 is 10.2 Å². The van der Waals surface area contributed by atoms with E-state index in [2.05, 4.69) is 24.1 Å². The molecule has 0 radical (unpaired) electrons. The predicted molar refractivity (Wildman–Crippen MR) is 89.3 cm³/mol. The number of nitrogens with zero attached hydrogens (tertiary/aromatic N) is 1. The van der Waals surface area contributed by atoms with Gasteiger partial charge in [0, 0.05) is 24.2 Å². The van der Waals surface area contributed by atoms with Crippen LogP contribution in [0.1, 0.15) is 32.3 Å². The van der Waals surface area contributed by atoms with Gasteiger partial charge in [-0.2, -0.15) is 0 Å². The molecule has 20 heavy (non-hydrogen) atoms. The molecule has 4 heteroatoms. The highest BCUT2D eigenvalue weighted by Gasteiger charge is 2.23. The van der Waals surface area contributed by atoms with Gasteiger partial charge in [0.15, 0.2) is 0 Å². The molecule has 1 aliphatic heterocycles. The first-order chi connectivity index (χ1) is 9.52. The van der Waals surface area contributed by atoms with Gasteiger partial charge in [-0.3, -0.25) is 0 Å². The standard InChI is InChI=1S/C16H24Cl2N2/c1-4-11(2)15-10-20(7-5-6-19-15)16-9-13(17)12(3)8-14(16)18/h8-9,11,15,19H,4-7,10H2,1-3H3. The summed E-state index contributed by atoms with van der Waals surface area (Å²) in [7, 11) is 0. The first kappa shape index (κ1) is 15.9. The molecule has 1 heterocycles. The molecular formula is C16H24Cl2N2. The zero-order valence-corrected chi connectivity index (χ0v) is 14.1. The van der Waals surface area contributed by atoms with Crippen LogP contribution >= 0.6 is 23.2 Å². The van der Waals surface area contributed by atoms with Gasteiger partial charge in [-0.25, -0.2) is 0 Å². The third-order valence-corrected chi connectivity index (χ3v) is 5.04. The Bertz CT molecular complexity index is 462. The highest BCUT2D eigenvalue weighted by molar-refractivity contribution is 6.35. The highest BCUT2D eigenvalue weighted by Crippen LogP contribution is 2.32. The molecule has 0 aromatic heterocycles. The van der Waals surface area contributed by atoms with Crippen LogP contribution in [0.3, 0.4) is 0 Å². The van der Waals surface area contributed by atoms with E-state index in [0.717, 1.165) is 47.4 Å². The van der Waals surface area contributed by atoms with E-state index in [1.54, 1.807) is 0 Å². The number of rotatable bonds is 3. The van der Waals surface area contributed by atoms with Crippen molar-refractivity contribution in [2.75, 3.05) is 24.5 Å². The summed E-state index contributed by atoms with van der Waals surface area (Å²) < 4.78 is 0. The van der Waals surface area contributed by atoms with E-state index in [4.69, 9.17) is 23.2 Å². The summed E-state index contributed by atoms with van der Waals surface area (Å²) in [4.78, 5) is 2.38. The molecule has 1 N–H and O–H groups in total. The van der Waals surface area contributed by atoms with Crippen LogP contribution < -0.4 is 10.2 Å². The minimum Gasteiger partial charge on any atom is -0.369 e. The van der Waals surface area contributed by atoms with Gasteiger partial charge in [-0.15, -0.1) is 0 Å². The summed E-state index contributed by atoms with van der Waals surface area (Å²) in [5.74, 6) is 0.662. The van der Waals surface area contributed by atoms with Crippen LogP contribution in [0.5, 0.6) is 0 Å². The molecule has 0 saturated carbocycles. The van der Waals surface area contributed by atoms with E-state index in [9.17, 15) is 0 Å². The lowest BCUT2D eigenvalue weighted by Gasteiger charge is -2.30. The lowest BCUT2D eigenvalue weighted by molar-refractivity contribution is 0.384. The summed E-state index contributed by atoms with van der Waals surface area (Å²) in [6, 6.07) is 4.49. The van der Waals surface area contributed by atoms with Gasteiger partial charge >= 0.3 is 0 Å². The Morgan fingerprint density at radius 1 is 1.35 bits per heavy atom. The molecule has 1 fully saturated rings. The SMILES string of the molecule is CCC(C)C1CN(c2cc(Cl)c(C)cc2Cl)CCCN1. The quantitative estimate of drug-likeness (QED) is 0.882. The Morgan fingerprint density at radius 3 is 2.80 bits per heavy atom. The van der Waals surface area contributed by atoms with Crippen molar-refractivity contribution in [3.05, 3.63) is 27.7 Å². The summed E-state index contributed by atoms with van der Waals surface area (Å²) in [5.41, 5.74) is 2.10. The maximum Gasteiger partial charge on any atom is 0.0643 e. The number of hydrogen-bond donors (Lipinski definition) is 1. The summed E-state index contributed by atoms with van der Waals surface area (Å²) in [5, 5.41) is 5.26. The second-order valence-corrected chi connectivity index (χ2v) is 6.61. The average molecular weight is 315 g/mol. The molecule has 0 amide bonds. The fraction of sp³-hybridized carbons (Fsp3) is 0.625. The smallest absolute Gasteiger partial charge is 0.0643 e. The predicted octanol–water partition coefficient (Wildman–Crippen LogP) is 4.52. The fourth-order valence-electron chi connectivity index (χ4n) is 2.71. The molecule has 2 rings (SSSR count). The third kappa shape index (κ3) is 3.60. The van der Waals surface area contributed by atoms with Crippen molar-refractivity contribution in [3.8, 4) is 0 Å². The van der Waals surface area contributed by atoms with Crippen molar-refractivity contribution in [2.24, 2.45) is 5.92 Å². The number of aryl methyl sites for hydroxylation is 1. The van der Waals surface area contributed by atoms with E-state index < -0.39 is 0 Å². The molecular weight excluding hydrogens is 291 g/mol. The van der Waals surface area contributed by atoms with E-state index >= 15 is 0 Å². The maximum absolute atomic E-state index is 6.43. The van der Waals surface area contributed by atoms with Crippen molar-refractivity contribution >= 4 is 28.9 Å². The van der Waals surface area contributed by atoms with Crippen LogP contribution in [0.25, 0.3) is 0 Å². The van der Waals surface area contributed by atoms with Gasteiger partial charge in [0.25, 0.3) is 0 Å². The highest BCUT2D eigenvalue weighted by atomic mass is 35.5. The van der Waals surface area contributed by atoms with Crippen molar-refractivity contribution in [1.82, 2.24) is 5.32 Å². The largest absolute Gasteiger partial charge is 0.369 e. The number of hydrogen-bond acceptors (Lipinski definition) is 2. The molecule has 1 saturated heterocycles. The zero-order chi connectivity index (χ0) is 14.7. The fourth-order valence-corrected chi connectivity index (χ4v) is 3.21. The van der Waals surface area contributed by atoms with Gasteiger partial charge in [0.1, 0.15) is 0 Å².